The van der Waals surface area contributed by atoms with Crippen LogP contribution in [0.3, 0.4) is 0 Å². The molecular weight excluding hydrogens is 332 g/mol. The van der Waals surface area contributed by atoms with E-state index in [1.54, 1.807) is 30.3 Å². The lowest BCUT2D eigenvalue weighted by Gasteiger charge is -2.07. The summed E-state index contributed by atoms with van der Waals surface area (Å²) in [5.74, 6) is 0.393. The Morgan fingerprint density at radius 3 is 2.53 bits per heavy atom. The van der Waals surface area contributed by atoms with Crippen molar-refractivity contribution in [3.63, 3.8) is 0 Å². The van der Waals surface area contributed by atoms with E-state index in [1.165, 1.54) is 12.1 Å². The van der Waals surface area contributed by atoms with Crippen LogP contribution in [0.4, 0.5) is 0 Å². The van der Waals surface area contributed by atoms with Crippen molar-refractivity contribution < 1.29 is 14.6 Å². The van der Waals surface area contributed by atoms with Gasteiger partial charge >= 0.3 is 0 Å². The summed E-state index contributed by atoms with van der Waals surface area (Å²) >= 11 is 9.27. The van der Waals surface area contributed by atoms with Gasteiger partial charge in [0.25, 0.3) is 0 Å². The summed E-state index contributed by atoms with van der Waals surface area (Å²) in [7, 11) is 0. The number of hydrogen-bond donors (Lipinski definition) is 1. The molecule has 0 spiro atoms. The molecule has 3 nitrogen and oxygen atoms in total. The first-order chi connectivity index (χ1) is 9.06. The Hall–Kier alpha value is -1.52. The van der Waals surface area contributed by atoms with Crippen LogP contribution >= 0.6 is 27.5 Å². The van der Waals surface area contributed by atoms with Crippen LogP contribution in [-0.4, -0.2) is 17.5 Å². The molecule has 0 amide bonds. The second-order valence-corrected chi connectivity index (χ2v) is 5.16. The fraction of sp³-hybridized carbons (Fsp3) is 0.0714. The van der Waals surface area contributed by atoms with E-state index in [-0.39, 0.29) is 18.1 Å². The molecule has 0 saturated carbocycles. The van der Waals surface area contributed by atoms with Gasteiger partial charge in [0.1, 0.15) is 11.5 Å². The number of hydrogen-bond acceptors (Lipinski definition) is 3. The van der Waals surface area contributed by atoms with Crippen LogP contribution < -0.4 is 4.74 Å². The van der Waals surface area contributed by atoms with Gasteiger partial charge < -0.3 is 9.84 Å². The van der Waals surface area contributed by atoms with Crippen LogP contribution in [0.15, 0.2) is 46.9 Å². The Morgan fingerprint density at radius 1 is 1.21 bits per heavy atom. The lowest BCUT2D eigenvalue weighted by atomic mass is 10.1. The molecule has 0 atom stereocenters. The van der Waals surface area contributed by atoms with Crippen LogP contribution in [0, 0.1) is 0 Å². The Morgan fingerprint density at radius 2 is 1.89 bits per heavy atom. The standard InChI is InChI=1S/C14H10BrClO3/c15-10-3-6-14(12(16)7-10)19-8-13(18)9-1-4-11(17)5-2-9/h1-7,17H,8H2. The van der Waals surface area contributed by atoms with Crippen molar-refractivity contribution >= 4 is 33.3 Å². The molecule has 0 heterocycles. The van der Waals surface area contributed by atoms with E-state index in [4.69, 9.17) is 21.4 Å². The van der Waals surface area contributed by atoms with Crippen molar-refractivity contribution in [2.45, 2.75) is 0 Å². The Kier molecular flexibility index (Phi) is 4.45. The lowest BCUT2D eigenvalue weighted by Crippen LogP contribution is -2.11. The van der Waals surface area contributed by atoms with Gasteiger partial charge in [0.15, 0.2) is 12.4 Å². The highest BCUT2D eigenvalue weighted by atomic mass is 79.9. The number of ketones is 1. The molecule has 1 N–H and O–H groups in total. The van der Waals surface area contributed by atoms with Crippen LogP contribution in [0.2, 0.25) is 5.02 Å². The molecule has 5 heteroatoms. The maximum Gasteiger partial charge on any atom is 0.200 e. The second-order valence-electron chi connectivity index (χ2n) is 3.83. The van der Waals surface area contributed by atoms with Gasteiger partial charge in [-0.15, -0.1) is 0 Å². The molecule has 0 aliphatic heterocycles. The van der Waals surface area contributed by atoms with Gasteiger partial charge in [0.05, 0.1) is 5.02 Å². The molecule has 98 valence electrons. The summed E-state index contributed by atoms with van der Waals surface area (Å²) in [6.07, 6.45) is 0. The number of benzene rings is 2. The highest BCUT2D eigenvalue weighted by Gasteiger charge is 2.08. The average Bonchev–Trinajstić information content (AvgIpc) is 2.38. The Balaban J connectivity index is 2.02. The van der Waals surface area contributed by atoms with Crippen LogP contribution in [0.5, 0.6) is 11.5 Å². The number of ether oxygens (including phenoxy) is 1. The smallest absolute Gasteiger partial charge is 0.200 e. The number of rotatable bonds is 4. The van der Waals surface area contributed by atoms with Crippen molar-refractivity contribution in [3.05, 3.63) is 57.5 Å². The molecule has 2 rings (SSSR count). The summed E-state index contributed by atoms with van der Waals surface area (Å²) in [5.41, 5.74) is 0.478. The van der Waals surface area contributed by atoms with E-state index in [1.807, 2.05) is 0 Å². The summed E-state index contributed by atoms with van der Waals surface area (Å²) in [6, 6.07) is 11.2. The Bertz CT molecular complexity index is 596. The third-order valence-corrected chi connectivity index (χ3v) is 3.23. The molecule has 0 aliphatic rings. The molecule has 0 aromatic heterocycles. The van der Waals surface area contributed by atoms with Gasteiger partial charge in [-0.1, -0.05) is 27.5 Å². The third-order valence-electron chi connectivity index (χ3n) is 2.44. The molecule has 2 aromatic rings. The van der Waals surface area contributed by atoms with Crippen LogP contribution in [0.25, 0.3) is 0 Å². The fourth-order valence-electron chi connectivity index (χ4n) is 1.47. The number of carbonyl (C=O) groups is 1. The zero-order chi connectivity index (χ0) is 13.8. The first-order valence-corrected chi connectivity index (χ1v) is 6.63. The number of halogens is 2. The normalized spacial score (nSPS) is 10.2. The number of aromatic hydroxyl groups is 1. The van der Waals surface area contributed by atoms with Crippen molar-refractivity contribution in [3.8, 4) is 11.5 Å². The monoisotopic (exact) mass is 340 g/mol. The van der Waals surface area contributed by atoms with Gasteiger partial charge in [-0.05, 0) is 42.5 Å². The topological polar surface area (TPSA) is 46.5 Å². The zero-order valence-corrected chi connectivity index (χ0v) is 12.1. The number of Topliss-reactive ketones (excluding diaryl/α,β-unsaturated/α-hetero) is 1. The molecule has 2 aromatic carbocycles. The third kappa shape index (κ3) is 3.72. The maximum absolute atomic E-state index is 11.8. The van der Waals surface area contributed by atoms with Gasteiger partial charge in [0, 0.05) is 10.0 Å². The van der Waals surface area contributed by atoms with E-state index in [0.29, 0.717) is 16.3 Å². The van der Waals surface area contributed by atoms with Gasteiger partial charge in [0.2, 0.25) is 0 Å². The van der Waals surface area contributed by atoms with Crippen molar-refractivity contribution in [1.29, 1.82) is 0 Å². The summed E-state index contributed by atoms with van der Waals surface area (Å²) in [4.78, 5) is 11.8. The highest BCUT2D eigenvalue weighted by molar-refractivity contribution is 9.10. The fourth-order valence-corrected chi connectivity index (χ4v) is 2.19. The van der Waals surface area contributed by atoms with Crippen molar-refractivity contribution in [1.82, 2.24) is 0 Å². The first kappa shape index (κ1) is 13.9. The van der Waals surface area contributed by atoms with Gasteiger partial charge in [-0.2, -0.15) is 0 Å². The molecule has 0 fully saturated rings. The molecule has 19 heavy (non-hydrogen) atoms. The van der Waals surface area contributed by atoms with Crippen LogP contribution in [0.1, 0.15) is 10.4 Å². The minimum atomic E-state index is -0.181. The lowest BCUT2D eigenvalue weighted by molar-refractivity contribution is 0.0921. The molecule has 0 aliphatic carbocycles. The summed E-state index contributed by atoms with van der Waals surface area (Å²) in [6.45, 7) is -0.105. The molecular formula is C14H10BrClO3. The van der Waals surface area contributed by atoms with E-state index >= 15 is 0 Å². The molecule has 0 saturated heterocycles. The largest absolute Gasteiger partial charge is 0.508 e. The van der Waals surface area contributed by atoms with E-state index in [0.717, 1.165) is 4.47 Å². The minimum absolute atomic E-state index is 0.105. The summed E-state index contributed by atoms with van der Waals surface area (Å²) in [5, 5.41) is 9.58. The average molecular weight is 342 g/mol. The second kappa shape index (κ2) is 6.08. The highest BCUT2D eigenvalue weighted by Crippen LogP contribution is 2.27. The predicted octanol–water partition coefficient (Wildman–Crippen LogP) is 4.07. The van der Waals surface area contributed by atoms with E-state index in [9.17, 15) is 4.79 Å². The zero-order valence-electron chi connectivity index (χ0n) is 9.77. The van der Waals surface area contributed by atoms with Crippen molar-refractivity contribution in [2.24, 2.45) is 0 Å². The van der Waals surface area contributed by atoms with Crippen LogP contribution in [-0.2, 0) is 0 Å². The number of carbonyl (C=O) groups excluding carboxylic acids is 1. The maximum atomic E-state index is 11.8. The predicted molar refractivity (Wildman–Crippen MR) is 77.1 cm³/mol. The minimum Gasteiger partial charge on any atom is -0.508 e. The summed E-state index contributed by atoms with van der Waals surface area (Å²) < 4.78 is 6.22. The number of phenols is 1. The first-order valence-electron chi connectivity index (χ1n) is 5.46. The van der Waals surface area contributed by atoms with E-state index in [2.05, 4.69) is 15.9 Å². The SMILES string of the molecule is O=C(COc1ccc(Br)cc1Cl)c1ccc(O)cc1. The quantitative estimate of drug-likeness (QED) is 0.853. The number of phenolic OH excluding ortho intramolecular Hbond substituents is 1. The van der Waals surface area contributed by atoms with Gasteiger partial charge in [-0.3, -0.25) is 4.79 Å². The van der Waals surface area contributed by atoms with Crippen molar-refractivity contribution in [2.75, 3.05) is 6.61 Å². The Labute approximate surface area is 123 Å². The molecule has 0 radical (unpaired) electrons. The van der Waals surface area contributed by atoms with E-state index < -0.39 is 0 Å². The molecule has 0 bridgehead atoms. The molecule has 0 unspecified atom stereocenters. The van der Waals surface area contributed by atoms with Gasteiger partial charge in [-0.25, -0.2) is 0 Å².